The van der Waals surface area contributed by atoms with Gasteiger partial charge in [0.1, 0.15) is 5.75 Å². The molecule has 1 aliphatic carbocycles. The van der Waals surface area contributed by atoms with Crippen molar-refractivity contribution < 1.29 is 22.7 Å². The maximum atomic E-state index is 13.0. The van der Waals surface area contributed by atoms with Crippen molar-refractivity contribution in [1.82, 2.24) is 4.90 Å². The van der Waals surface area contributed by atoms with E-state index in [0.29, 0.717) is 19.3 Å². The molecule has 4 rings (SSSR count). The summed E-state index contributed by atoms with van der Waals surface area (Å²) in [5.41, 5.74) is 4.68. The molecule has 1 amide bonds. The van der Waals surface area contributed by atoms with Gasteiger partial charge in [-0.2, -0.15) is 13.2 Å². The summed E-state index contributed by atoms with van der Waals surface area (Å²) in [5.74, 6) is -0.874. The third-order valence-electron chi connectivity index (χ3n) is 6.17. The number of alkyl halides is 3. The van der Waals surface area contributed by atoms with E-state index >= 15 is 0 Å². The number of amides is 1. The molecule has 1 aliphatic heterocycles. The number of carbonyl (C=O) groups is 1. The molecule has 2 atom stereocenters. The molecule has 2 aromatic carbocycles. The third-order valence-corrected chi connectivity index (χ3v) is 6.17. The number of hydrogen-bond acceptors (Lipinski definition) is 2. The lowest BCUT2D eigenvalue weighted by Crippen LogP contribution is -2.53. The van der Waals surface area contributed by atoms with Crippen LogP contribution in [0.25, 0.3) is 0 Å². The zero-order chi connectivity index (χ0) is 20.6. The fourth-order valence-corrected chi connectivity index (χ4v) is 4.82. The van der Waals surface area contributed by atoms with Crippen LogP contribution in [0.1, 0.15) is 47.4 Å². The monoisotopic (exact) mass is 403 g/mol. The van der Waals surface area contributed by atoms with Crippen molar-refractivity contribution in [3.05, 3.63) is 64.7 Å². The number of nitrogens with zero attached hydrogens (tertiary/aromatic N) is 1. The average Bonchev–Trinajstić information content (AvgIpc) is 2.72. The highest BCUT2D eigenvalue weighted by Gasteiger charge is 2.48. The lowest BCUT2D eigenvalue weighted by Gasteiger charge is -2.45. The molecule has 0 spiro atoms. The van der Waals surface area contributed by atoms with Crippen molar-refractivity contribution in [1.29, 1.82) is 0 Å². The Morgan fingerprint density at radius 3 is 2.52 bits per heavy atom. The van der Waals surface area contributed by atoms with Crippen LogP contribution < -0.4 is 4.74 Å². The molecule has 1 heterocycles. The zero-order valence-electron chi connectivity index (χ0n) is 16.3. The third kappa shape index (κ3) is 3.98. The average molecular weight is 403 g/mol. The van der Waals surface area contributed by atoms with Crippen molar-refractivity contribution >= 4 is 5.91 Å². The first kappa shape index (κ1) is 19.8. The van der Waals surface area contributed by atoms with Gasteiger partial charge in [0.2, 0.25) is 0 Å². The van der Waals surface area contributed by atoms with E-state index in [1.807, 2.05) is 24.3 Å². The quantitative estimate of drug-likeness (QED) is 0.732. The molecule has 1 saturated heterocycles. The van der Waals surface area contributed by atoms with E-state index in [-0.39, 0.29) is 18.5 Å². The minimum absolute atomic E-state index is 0.00571. The number of carbonyl (C=O) groups excluding carboxylic acids is 1. The number of rotatable bonds is 3. The molecule has 154 valence electrons. The van der Waals surface area contributed by atoms with Gasteiger partial charge in [-0.05, 0) is 66.5 Å². The van der Waals surface area contributed by atoms with Gasteiger partial charge in [0.15, 0.2) is 0 Å². The summed E-state index contributed by atoms with van der Waals surface area (Å²) in [4.78, 5) is 13.0. The van der Waals surface area contributed by atoms with E-state index < -0.39 is 12.1 Å². The van der Waals surface area contributed by atoms with Gasteiger partial charge in [-0.25, -0.2) is 0 Å². The van der Waals surface area contributed by atoms with Gasteiger partial charge >= 0.3 is 12.1 Å². The number of piperidine rings is 1. The van der Waals surface area contributed by atoms with Crippen LogP contribution in [-0.2, 0) is 17.6 Å². The van der Waals surface area contributed by atoms with Gasteiger partial charge in [-0.3, -0.25) is 4.79 Å². The fraction of sp³-hybridized carbons (Fsp3) is 0.435. The summed E-state index contributed by atoms with van der Waals surface area (Å²) >= 11 is 0. The van der Waals surface area contributed by atoms with Crippen LogP contribution in [0.15, 0.2) is 42.5 Å². The molecule has 0 saturated carbocycles. The lowest BCUT2D eigenvalue weighted by atomic mass is 9.73. The first-order chi connectivity index (χ1) is 13.9. The van der Waals surface area contributed by atoms with Crippen LogP contribution in [-0.4, -0.2) is 36.7 Å². The second-order valence-electron chi connectivity index (χ2n) is 7.91. The van der Waals surface area contributed by atoms with Crippen LogP contribution in [0.3, 0.4) is 0 Å². The number of aryl methyl sites for hydroxylation is 1. The molecular weight excluding hydrogens is 379 g/mol. The number of fused-ring (bicyclic) bond motifs is 3. The Kier molecular flexibility index (Phi) is 5.28. The molecule has 29 heavy (non-hydrogen) atoms. The Morgan fingerprint density at radius 2 is 1.83 bits per heavy atom. The molecule has 0 bridgehead atoms. The number of benzene rings is 2. The van der Waals surface area contributed by atoms with Crippen LogP contribution in [0.5, 0.6) is 5.75 Å². The highest BCUT2D eigenvalue weighted by molar-refractivity contribution is 5.82. The molecule has 0 aromatic heterocycles. The minimum Gasteiger partial charge on any atom is -0.497 e. The van der Waals surface area contributed by atoms with E-state index in [0.717, 1.165) is 29.1 Å². The molecule has 0 N–H and O–H groups in total. The SMILES string of the molecule is COc1ccc(Cc2ccc3c(c2)CC[C@H]2[C@@H]3CCCN2C(=O)C(F)(F)F)cc1. The van der Waals surface area contributed by atoms with Crippen molar-refractivity contribution in [2.24, 2.45) is 0 Å². The number of likely N-dealkylation sites (tertiary alicyclic amines) is 1. The maximum absolute atomic E-state index is 13.0. The second kappa shape index (κ2) is 7.73. The molecule has 0 unspecified atom stereocenters. The van der Waals surface area contributed by atoms with Gasteiger partial charge in [-0.15, -0.1) is 0 Å². The van der Waals surface area contributed by atoms with E-state index in [2.05, 4.69) is 18.2 Å². The molecule has 2 aliphatic rings. The molecule has 1 fully saturated rings. The van der Waals surface area contributed by atoms with E-state index in [1.165, 1.54) is 16.7 Å². The predicted molar refractivity (Wildman–Crippen MR) is 104 cm³/mol. The topological polar surface area (TPSA) is 29.5 Å². The predicted octanol–water partition coefficient (Wildman–Crippen LogP) is 4.87. The minimum atomic E-state index is -4.80. The van der Waals surface area contributed by atoms with Crippen LogP contribution >= 0.6 is 0 Å². The number of hydrogen-bond donors (Lipinski definition) is 0. The zero-order valence-corrected chi connectivity index (χ0v) is 16.3. The number of methoxy groups -OCH3 is 1. The smallest absolute Gasteiger partial charge is 0.471 e. The van der Waals surface area contributed by atoms with Crippen molar-refractivity contribution in [3.8, 4) is 5.75 Å². The van der Waals surface area contributed by atoms with Gasteiger partial charge in [0.05, 0.1) is 7.11 Å². The van der Waals surface area contributed by atoms with E-state index in [1.54, 1.807) is 7.11 Å². The molecule has 2 aromatic rings. The van der Waals surface area contributed by atoms with Crippen LogP contribution in [0.4, 0.5) is 13.2 Å². The van der Waals surface area contributed by atoms with Crippen molar-refractivity contribution in [2.45, 2.75) is 50.2 Å². The summed E-state index contributed by atoms with van der Waals surface area (Å²) in [7, 11) is 1.64. The normalized spacial score (nSPS) is 21.3. The summed E-state index contributed by atoms with van der Waals surface area (Å²) in [5, 5.41) is 0. The largest absolute Gasteiger partial charge is 0.497 e. The molecular formula is C23H24F3NO2. The molecule has 3 nitrogen and oxygen atoms in total. The maximum Gasteiger partial charge on any atom is 0.471 e. The van der Waals surface area contributed by atoms with Crippen LogP contribution in [0, 0.1) is 0 Å². The second-order valence-corrected chi connectivity index (χ2v) is 7.91. The standard InChI is InChI=1S/C23H24F3NO2/c1-29-18-8-4-15(5-9-18)13-16-6-10-19-17(14-16)7-11-21-20(19)3-2-12-27(21)22(28)23(24,25)26/h4-6,8-10,14,20-21H,2-3,7,11-13H2,1H3/t20-,21+/m1/s1. The van der Waals surface area contributed by atoms with Gasteiger partial charge < -0.3 is 9.64 Å². The van der Waals surface area contributed by atoms with E-state index in [9.17, 15) is 18.0 Å². The fourth-order valence-electron chi connectivity index (χ4n) is 4.82. The summed E-state index contributed by atoms with van der Waals surface area (Å²) in [6, 6.07) is 13.9. The number of halogens is 3. The van der Waals surface area contributed by atoms with Gasteiger partial charge in [0, 0.05) is 18.5 Å². The van der Waals surface area contributed by atoms with Crippen molar-refractivity contribution in [2.75, 3.05) is 13.7 Å². The van der Waals surface area contributed by atoms with Gasteiger partial charge in [0.25, 0.3) is 0 Å². The highest BCUT2D eigenvalue weighted by Crippen LogP contribution is 2.42. The molecule has 0 radical (unpaired) electrons. The van der Waals surface area contributed by atoms with Crippen LogP contribution in [0.2, 0.25) is 0 Å². The number of ether oxygens (including phenoxy) is 1. The first-order valence-electron chi connectivity index (χ1n) is 9.99. The Labute approximate surface area is 168 Å². The first-order valence-corrected chi connectivity index (χ1v) is 9.99. The molecule has 6 heteroatoms. The summed E-state index contributed by atoms with van der Waals surface area (Å²) in [6.07, 6.45) is -1.28. The lowest BCUT2D eigenvalue weighted by molar-refractivity contribution is -0.189. The highest BCUT2D eigenvalue weighted by atomic mass is 19.4. The van der Waals surface area contributed by atoms with Gasteiger partial charge in [-0.1, -0.05) is 30.3 Å². The Balaban J connectivity index is 1.54. The van der Waals surface area contributed by atoms with Crippen molar-refractivity contribution in [3.63, 3.8) is 0 Å². The van der Waals surface area contributed by atoms with E-state index in [4.69, 9.17) is 4.74 Å². The Bertz CT molecular complexity index is 892. The Morgan fingerprint density at radius 1 is 1.10 bits per heavy atom. The Hall–Kier alpha value is -2.50. The summed E-state index contributed by atoms with van der Waals surface area (Å²) < 4.78 is 44.2. The summed E-state index contributed by atoms with van der Waals surface area (Å²) in [6.45, 7) is 0.199.